The highest BCUT2D eigenvalue weighted by molar-refractivity contribution is 7.89. The van der Waals surface area contributed by atoms with E-state index in [9.17, 15) is 22.8 Å². The van der Waals surface area contributed by atoms with Crippen molar-refractivity contribution < 1.29 is 27.5 Å². The fraction of sp³-hybridized carbons (Fsp3) is 0.476. The van der Waals surface area contributed by atoms with Crippen molar-refractivity contribution in [1.82, 2.24) is 9.21 Å². The van der Waals surface area contributed by atoms with Gasteiger partial charge in [0.2, 0.25) is 10.0 Å². The zero-order valence-electron chi connectivity index (χ0n) is 17.8. The van der Waals surface area contributed by atoms with Crippen LogP contribution in [-0.2, 0) is 14.8 Å². The zero-order chi connectivity index (χ0) is 23.1. The van der Waals surface area contributed by atoms with Gasteiger partial charge in [-0.15, -0.1) is 22.7 Å². The van der Waals surface area contributed by atoms with Gasteiger partial charge in [-0.2, -0.15) is 4.31 Å². The van der Waals surface area contributed by atoms with Gasteiger partial charge >= 0.3 is 5.97 Å². The zero-order valence-corrected chi connectivity index (χ0v) is 20.3. The second-order valence-corrected chi connectivity index (χ2v) is 12.1. The first-order chi connectivity index (χ1) is 15.2. The number of nitrogens with zero attached hydrogens (tertiary/aromatic N) is 2. The van der Waals surface area contributed by atoms with Gasteiger partial charge < -0.3 is 9.64 Å². The van der Waals surface area contributed by atoms with Crippen molar-refractivity contribution in [3.8, 4) is 0 Å². The lowest BCUT2D eigenvalue weighted by Gasteiger charge is -2.39. The van der Waals surface area contributed by atoms with Crippen LogP contribution in [0.1, 0.15) is 55.2 Å². The molecule has 172 valence electrons. The Morgan fingerprint density at radius 1 is 1.03 bits per heavy atom. The molecule has 0 aliphatic carbocycles. The van der Waals surface area contributed by atoms with Gasteiger partial charge in [-0.1, -0.05) is 0 Å². The Kier molecular flexibility index (Phi) is 6.27. The van der Waals surface area contributed by atoms with Gasteiger partial charge in [0.25, 0.3) is 5.91 Å². The van der Waals surface area contributed by atoms with Gasteiger partial charge in [-0.05, 0) is 55.2 Å². The van der Waals surface area contributed by atoms with E-state index in [0.29, 0.717) is 48.8 Å². The third kappa shape index (κ3) is 4.14. The number of esters is 1. The standard InChI is InChI=1S/C21H24N2O6S3/c1-14(24)15-3-4-16(31-15)19(25)22-9-6-21(7-10-22)8-11-23(13-21)32(27,28)17-5-12-30-18(17)20(26)29-2/h3-5,12H,6-11,13H2,1-2H3. The van der Waals surface area contributed by atoms with Gasteiger partial charge in [0.1, 0.15) is 9.77 Å². The van der Waals surface area contributed by atoms with Gasteiger partial charge in [-0.3, -0.25) is 9.59 Å². The molecule has 4 heterocycles. The van der Waals surface area contributed by atoms with Crippen LogP contribution in [0, 0.1) is 5.41 Å². The first-order valence-electron chi connectivity index (χ1n) is 10.2. The number of amides is 1. The number of rotatable bonds is 5. The number of carbonyl (C=O) groups is 3. The number of piperidine rings is 1. The number of ether oxygens (including phenoxy) is 1. The summed E-state index contributed by atoms with van der Waals surface area (Å²) in [5.41, 5.74) is -0.175. The van der Waals surface area contributed by atoms with Crippen molar-refractivity contribution in [2.45, 2.75) is 31.1 Å². The van der Waals surface area contributed by atoms with Gasteiger partial charge in [0.05, 0.1) is 16.9 Å². The maximum Gasteiger partial charge on any atom is 0.349 e. The summed E-state index contributed by atoms with van der Waals surface area (Å²) in [7, 11) is -2.57. The summed E-state index contributed by atoms with van der Waals surface area (Å²) in [6, 6.07) is 4.82. The smallest absolute Gasteiger partial charge is 0.349 e. The molecule has 1 spiro atoms. The van der Waals surface area contributed by atoms with Crippen LogP contribution in [0.25, 0.3) is 0 Å². The molecule has 0 aromatic carbocycles. The van der Waals surface area contributed by atoms with E-state index in [1.54, 1.807) is 22.4 Å². The van der Waals surface area contributed by atoms with Crippen molar-refractivity contribution in [1.29, 1.82) is 0 Å². The largest absolute Gasteiger partial charge is 0.465 e. The average molecular weight is 497 g/mol. The van der Waals surface area contributed by atoms with Gasteiger partial charge in [-0.25, -0.2) is 13.2 Å². The van der Waals surface area contributed by atoms with Crippen molar-refractivity contribution in [2.75, 3.05) is 33.3 Å². The predicted octanol–water partition coefficient (Wildman–Crippen LogP) is 3.12. The number of likely N-dealkylation sites (tertiary alicyclic amines) is 1. The molecular weight excluding hydrogens is 472 g/mol. The molecule has 2 aromatic heterocycles. The number of hydrogen-bond donors (Lipinski definition) is 0. The maximum atomic E-state index is 13.2. The molecule has 11 heteroatoms. The molecule has 32 heavy (non-hydrogen) atoms. The molecule has 0 unspecified atom stereocenters. The van der Waals surface area contributed by atoms with E-state index in [1.165, 1.54) is 35.7 Å². The van der Waals surface area contributed by atoms with Crippen molar-refractivity contribution in [3.05, 3.63) is 38.2 Å². The first kappa shape index (κ1) is 23.1. The number of Topliss-reactive ketones (excluding diaryl/α,β-unsaturated/α-hetero) is 1. The molecule has 2 aliphatic rings. The normalized spacial score (nSPS) is 18.8. The van der Waals surface area contributed by atoms with Crippen molar-refractivity contribution >= 4 is 50.4 Å². The van der Waals surface area contributed by atoms with Gasteiger partial charge in [0.15, 0.2) is 5.78 Å². The van der Waals surface area contributed by atoms with Crippen molar-refractivity contribution in [2.24, 2.45) is 5.41 Å². The van der Waals surface area contributed by atoms with Crippen LogP contribution in [0.15, 0.2) is 28.5 Å². The number of ketones is 1. The molecule has 0 bridgehead atoms. The Morgan fingerprint density at radius 2 is 1.69 bits per heavy atom. The number of sulfonamides is 1. The van der Waals surface area contributed by atoms with Crippen molar-refractivity contribution in [3.63, 3.8) is 0 Å². The highest BCUT2D eigenvalue weighted by Gasteiger charge is 2.46. The summed E-state index contributed by atoms with van der Waals surface area (Å²) < 4.78 is 32.6. The minimum absolute atomic E-state index is 0.00187. The van der Waals surface area contributed by atoms with E-state index in [4.69, 9.17) is 4.74 Å². The minimum Gasteiger partial charge on any atom is -0.465 e. The monoisotopic (exact) mass is 496 g/mol. The topological polar surface area (TPSA) is 101 Å². The fourth-order valence-corrected chi connectivity index (χ4v) is 8.10. The van der Waals surface area contributed by atoms with E-state index < -0.39 is 16.0 Å². The Labute approximate surface area is 194 Å². The van der Waals surface area contributed by atoms with Crippen LogP contribution in [0.4, 0.5) is 0 Å². The quantitative estimate of drug-likeness (QED) is 0.466. The molecule has 2 fully saturated rings. The van der Waals surface area contributed by atoms with Crippen LogP contribution in [0.2, 0.25) is 0 Å². The molecule has 1 amide bonds. The molecule has 4 rings (SSSR count). The van der Waals surface area contributed by atoms with E-state index >= 15 is 0 Å². The molecule has 0 N–H and O–H groups in total. The number of carbonyl (C=O) groups excluding carboxylic acids is 3. The van der Waals surface area contributed by atoms with Crippen LogP contribution in [0.3, 0.4) is 0 Å². The van der Waals surface area contributed by atoms with E-state index in [0.717, 1.165) is 17.8 Å². The number of methoxy groups -OCH3 is 1. The predicted molar refractivity (Wildman–Crippen MR) is 121 cm³/mol. The lowest BCUT2D eigenvalue weighted by atomic mass is 9.78. The molecule has 0 radical (unpaired) electrons. The second-order valence-electron chi connectivity index (χ2n) is 8.21. The van der Waals surface area contributed by atoms with Crippen LogP contribution < -0.4 is 0 Å². The van der Waals surface area contributed by atoms with Crippen LogP contribution in [-0.4, -0.2) is 68.6 Å². The SMILES string of the molecule is COC(=O)c1sccc1S(=O)(=O)N1CCC2(CCN(C(=O)c3ccc(C(C)=O)s3)CC2)C1. The number of thiophene rings is 2. The summed E-state index contributed by atoms with van der Waals surface area (Å²) in [4.78, 5) is 39.3. The second kappa shape index (κ2) is 8.69. The summed E-state index contributed by atoms with van der Waals surface area (Å²) in [6.07, 6.45) is 2.14. The summed E-state index contributed by atoms with van der Waals surface area (Å²) in [5.74, 6) is -0.790. The maximum absolute atomic E-state index is 13.2. The molecule has 2 saturated heterocycles. The third-order valence-electron chi connectivity index (χ3n) is 6.30. The third-order valence-corrected chi connectivity index (χ3v) is 10.4. The Bertz CT molecular complexity index is 1160. The molecular formula is C21H24N2O6S3. The first-order valence-corrected chi connectivity index (χ1v) is 13.4. The molecule has 2 aliphatic heterocycles. The van der Waals surface area contributed by atoms with E-state index in [1.807, 2.05) is 0 Å². The highest BCUT2D eigenvalue weighted by Crippen LogP contribution is 2.43. The average Bonchev–Trinajstić information content (AvgIpc) is 3.53. The Balaban J connectivity index is 1.43. The molecule has 2 aromatic rings. The lowest BCUT2D eigenvalue weighted by molar-refractivity contribution is 0.0597. The fourth-order valence-electron chi connectivity index (χ4n) is 4.37. The minimum atomic E-state index is -3.80. The van der Waals surface area contributed by atoms with Gasteiger partial charge in [0, 0.05) is 26.2 Å². The van der Waals surface area contributed by atoms with E-state index in [2.05, 4.69) is 0 Å². The Hall–Kier alpha value is -2.08. The van der Waals surface area contributed by atoms with Crippen LogP contribution in [0.5, 0.6) is 0 Å². The van der Waals surface area contributed by atoms with Crippen LogP contribution >= 0.6 is 22.7 Å². The highest BCUT2D eigenvalue weighted by atomic mass is 32.2. The summed E-state index contributed by atoms with van der Waals surface area (Å²) >= 11 is 2.26. The lowest BCUT2D eigenvalue weighted by Crippen LogP contribution is -2.44. The summed E-state index contributed by atoms with van der Waals surface area (Å²) in [5, 5.41) is 1.58. The number of hydrogen-bond acceptors (Lipinski definition) is 8. The molecule has 8 nitrogen and oxygen atoms in total. The molecule has 0 atom stereocenters. The molecule has 0 saturated carbocycles. The Morgan fingerprint density at radius 3 is 2.31 bits per heavy atom. The summed E-state index contributed by atoms with van der Waals surface area (Å²) in [6.45, 7) is 3.34. The van der Waals surface area contributed by atoms with E-state index in [-0.39, 0.29) is 26.9 Å².